The normalized spacial score (nSPS) is 37.9. The van der Waals surface area contributed by atoms with Gasteiger partial charge in [-0.2, -0.15) is 0 Å². The SMILES string of the molecule is COCC1(C)CCN(C(=O)C2CC3CCCC(C2)C3N)CC1. The lowest BCUT2D eigenvalue weighted by Crippen LogP contribution is -2.51. The molecule has 4 nitrogen and oxygen atoms in total. The van der Waals surface area contributed by atoms with Crippen molar-refractivity contribution in [2.45, 2.75) is 57.9 Å². The fraction of sp³-hybridized carbons (Fsp3) is 0.944. The summed E-state index contributed by atoms with van der Waals surface area (Å²) in [5.41, 5.74) is 6.60. The number of likely N-dealkylation sites (tertiary alicyclic amines) is 1. The van der Waals surface area contributed by atoms with Gasteiger partial charge in [0.2, 0.25) is 5.91 Å². The molecule has 3 fully saturated rings. The Labute approximate surface area is 134 Å². The Balaban J connectivity index is 1.57. The molecule has 0 spiro atoms. The molecule has 2 saturated carbocycles. The Kier molecular flexibility index (Phi) is 4.79. The number of hydrogen-bond donors (Lipinski definition) is 1. The van der Waals surface area contributed by atoms with Gasteiger partial charge in [0, 0.05) is 32.2 Å². The molecule has 3 aliphatic rings. The largest absolute Gasteiger partial charge is 0.384 e. The van der Waals surface area contributed by atoms with E-state index < -0.39 is 0 Å². The minimum Gasteiger partial charge on any atom is -0.384 e. The van der Waals surface area contributed by atoms with E-state index in [-0.39, 0.29) is 11.3 Å². The average Bonchev–Trinajstić information content (AvgIpc) is 2.47. The summed E-state index contributed by atoms with van der Waals surface area (Å²) in [5, 5.41) is 0. The van der Waals surface area contributed by atoms with Crippen molar-refractivity contribution in [3.05, 3.63) is 0 Å². The molecule has 1 aliphatic heterocycles. The average molecular weight is 308 g/mol. The highest BCUT2D eigenvalue weighted by atomic mass is 16.5. The van der Waals surface area contributed by atoms with Gasteiger partial charge in [0.25, 0.3) is 0 Å². The highest BCUT2D eigenvalue weighted by Crippen LogP contribution is 2.43. The van der Waals surface area contributed by atoms with Crippen LogP contribution in [0.25, 0.3) is 0 Å². The minimum atomic E-state index is 0.238. The van der Waals surface area contributed by atoms with E-state index in [1.165, 1.54) is 19.3 Å². The van der Waals surface area contributed by atoms with Crippen LogP contribution in [-0.4, -0.2) is 43.7 Å². The van der Waals surface area contributed by atoms with E-state index in [0.29, 0.717) is 23.8 Å². The van der Waals surface area contributed by atoms with Crippen molar-refractivity contribution in [3.63, 3.8) is 0 Å². The van der Waals surface area contributed by atoms with Crippen molar-refractivity contribution in [2.75, 3.05) is 26.8 Å². The first kappa shape index (κ1) is 16.3. The molecule has 0 aromatic heterocycles. The van der Waals surface area contributed by atoms with Crippen molar-refractivity contribution in [3.8, 4) is 0 Å². The van der Waals surface area contributed by atoms with Crippen LogP contribution in [-0.2, 0) is 9.53 Å². The zero-order valence-electron chi connectivity index (χ0n) is 14.2. The quantitative estimate of drug-likeness (QED) is 0.871. The van der Waals surface area contributed by atoms with Crippen LogP contribution in [0.2, 0.25) is 0 Å². The molecule has 1 heterocycles. The van der Waals surface area contributed by atoms with E-state index in [1.54, 1.807) is 7.11 Å². The van der Waals surface area contributed by atoms with Crippen molar-refractivity contribution in [1.29, 1.82) is 0 Å². The van der Waals surface area contributed by atoms with Crippen LogP contribution >= 0.6 is 0 Å². The molecule has 0 aromatic carbocycles. The second-order valence-electron chi connectivity index (χ2n) is 8.27. The molecule has 22 heavy (non-hydrogen) atoms. The van der Waals surface area contributed by atoms with Crippen LogP contribution < -0.4 is 5.73 Å². The molecule has 2 unspecified atom stereocenters. The number of rotatable bonds is 3. The van der Waals surface area contributed by atoms with Crippen LogP contribution in [0, 0.1) is 23.2 Å². The summed E-state index contributed by atoms with van der Waals surface area (Å²) >= 11 is 0. The monoisotopic (exact) mass is 308 g/mol. The molecule has 1 amide bonds. The maximum Gasteiger partial charge on any atom is 0.225 e. The summed E-state index contributed by atoms with van der Waals surface area (Å²) in [6, 6.07) is 0.351. The van der Waals surface area contributed by atoms with Crippen LogP contribution in [0.3, 0.4) is 0 Å². The van der Waals surface area contributed by atoms with E-state index >= 15 is 0 Å². The van der Waals surface area contributed by atoms with Gasteiger partial charge in [-0.25, -0.2) is 0 Å². The van der Waals surface area contributed by atoms with Crippen molar-refractivity contribution in [1.82, 2.24) is 4.90 Å². The lowest BCUT2D eigenvalue weighted by Gasteiger charge is -2.46. The lowest BCUT2D eigenvalue weighted by atomic mass is 9.64. The number of piperidine rings is 1. The van der Waals surface area contributed by atoms with E-state index in [2.05, 4.69) is 11.8 Å². The molecule has 4 heteroatoms. The number of methoxy groups -OCH3 is 1. The summed E-state index contributed by atoms with van der Waals surface area (Å²) in [6.07, 6.45) is 7.95. The summed E-state index contributed by atoms with van der Waals surface area (Å²) in [6.45, 7) is 4.88. The highest BCUT2D eigenvalue weighted by Gasteiger charge is 2.42. The molecule has 2 N–H and O–H groups in total. The second kappa shape index (κ2) is 6.48. The molecule has 2 atom stereocenters. The van der Waals surface area contributed by atoms with Gasteiger partial charge in [-0.15, -0.1) is 0 Å². The Morgan fingerprint density at radius 3 is 2.36 bits per heavy atom. The Hall–Kier alpha value is -0.610. The number of carbonyl (C=O) groups is 1. The van der Waals surface area contributed by atoms with Gasteiger partial charge in [-0.3, -0.25) is 4.79 Å². The fourth-order valence-electron chi connectivity index (χ4n) is 5.01. The van der Waals surface area contributed by atoms with Crippen molar-refractivity contribution in [2.24, 2.45) is 28.9 Å². The van der Waals surface area contributed by atoms with Gasteiger partial charge in [0.15, 0.2) is 0 Å². The Bertz CT molecular complexity index is 390. The van der Waals surface area contributed by atoms with Gasteiger partial charge in [0.05, 0.1) is 6.61 Å². The van der Waals surface area contributed by atoms with Gasteiger partial charge in [0.1, 0.15) is 0 Å². The maximum atomic E-state index is 12.9. The van der Waals surface area contributed by atoms with Gasteiger partial charge in [-0.1, -0.05) is 13.3 Å². The minimum absolute atomic E-state index is 0.238. The molecule has 126 valence electrons. The zero-order chi connectivity index (χ0) is 15.7. The first-order valence-electron chi connectivity index (χ1n) is 9.06. The highest BCUT2D eigenvalue weighted by molar-refractivity contribution is 5.79. The summed E-state index contributed by atoms with van der Waals surface area (Å²) < 4.78 is 5.34. The van der Waals surface area contributed by atoms with Gasteiger partial charge >= 0.3 is 0 Å². The maximum absolute atomic E-state index is 12.9. The number of nitrogens with two attached hydrogens (primary N) is 1. The molecule has 3 rings (SSSR count). The molecule has 0 aromatic rings. The first-order valence-corrected chi connectivity index (χ1v) is 9.06. The number of hydrogen-bond acceptors (Lipinski definition) is 3. The molecular weight excluding hydrogens is 276 g/mol. The molecule has 0 radical (unpaired) electrons. The number of ether oxygens (including phenoxy) is 1. The van der Waals surface area contributed by atoms with E-state index in [0.717, 1.165) is 45.4 Å². The van der Waals surface area contributed by atoms with Crippen LogP contribution in [0.5, 0.6) is 0 Å². The summed E-state index contributed by atoms with van der Waals surface area (Å²) in [5.74, 6) is 1.82. The number of carbonyl (C=O) groups excluding carboxylic acids is 1. The standard InChI is InChI=1S/C18H32N2O2/c1-18(12-22-2)6-8-20(9-7-18)17(21)15-10-13-4-3-5-14(11-15)16(13)19/h13-16H,3-12,19H2,1-2H3. The molecule has 2 bridgehead atoms. The zero-order valence-corrected chi connectivity index (χ0v) is 14.2. The number of nitrogens with zero attached hydrogens (tertiary/aromatic N) is 1. The third kappa shape index (κ3) is 3.18. The summed E-state index contributed by atoms with van der Waals surface area (Å²) in [4.78, 5) is 15.0. The Morgan fingerprint density at radius 2 is 1.82 bits per heavy atom. The van der Waals surface area contributed by atoms with E-state index in [9.17, 15) is 4.79 Å². The molecule has 2 aliphatic carbocycles. The van der Waals surface area contributed by atoms with Crippen molar-refractivity contribution >= 4 is 5.91 Å². The third-order valence-electron chi connectivity index (χ3n) is 6.54. The number of amides is 1. The summed E-state index contributed by atoms with van der Waals surface area (Å²) in [7, 11) is 1.77. The predicted molar refractivity (Wildman–Crippen MR) is 87.3 cm³/mol. The Morgan fingerprint density at radius 1 is 1.23 bits per heavy atom. The number of fused-ring (bicyclic) bond motifs is 2. The fourth-order valence-corrected chi connectivity index (χ4v) is 5.01. The van der Waals surface area contributed by atoms with Crippen LogP contribution in [0.4, 0.5) is 0 Å². The van der Waals surface area contributed by atoms with E-state index in [1.807, 2.05) is 0 Å². The van der Waals surface area contributed by atoms with Crippen LogP contribution in [0.15, 0.2) is 0 Å². The van der Waals surface area contributed by atoms with Crippen molar-refractivity contribution < 1.29 is 9.53 Å². The van der Waals surface area contributed by atoms with Crippen LogP contribution in [0.1, 0.15) is 51.9 Å². The smallest absolute Gasteiger partial charge is 0.225 e. The van der Waals surface area contributed by atoms with Gasteiger partial charge < -0.3 is 15.4 Å². The molecular formula is C18H32N2O2. The topological polar surface area (TPSA) is 55.6 Å². The molecule has 1 saturated heterocycles. The predicted octanol–water partition coefficient (Wildman–Crippen LogP) is 2.42. The lowest BCUT2D eigenvalue weighted by molar-refractivity contribution is -0.141. The first-order chi connectivity index (χ1) is 10.5. The second-order valence-corrected chi connectivity index (χ2v) is 8.27. The van der Waals surface area contributed by atoms with E-state index in [4.69, 9.17) is 10.5 Å². The third-order valence-corrected chi connectivity index (χ3v) is 6.54. The van der Waals surface area contributed by atoms with Gasteiger partial charge in [-0.05, 0) is 55.8 Å².